The Kier molecular flexibility index (Phi) is 6.36. The van der Waals surface area contributed by atoms with Crippen LogP contribution < -0.4 is 14.9 Å². The molecule has 0 spiro atoms. The zero-order chi connectivity index (χ0) is 25.6. The van der Waals surface area contributed by atoms with E-state index in [2.05, 4.69) is 0 Å². The number of phenolic OH excluding ortho intramolecular Hbond substituents is 4. The minimum absolute atomic E-state index is 0.00584. The molecule has 13 nitrogen and oxygen atoms in total. The highest BCUT2D eigenvalue weighted by Crippen LogP contribution is 2.44. The van der Waals surface area contributed by atoms with E-state index in [9.17, 15) is 45.6 Å². The van der Waals surface area contributed by atoms with Crippen LogP contribution in [0.5, 0.6) is 34.5 Å². The van der Waals surface area contributed by atoms with Crippen LogP contribution in [0, 0.1) is 0 Å². The molecule has 0 saturated carbocycles. The number of methoxy groups -OCH3 is 1. The third-order valence-corrected chi connectivity index (χ3v) is 5.57. The lowest BCUT2D eigenvalue weighted by atomic mass is 9.99. The summed E-state index contributed by atoms with van der Waals surface area (Å²) in [5.41, 5.74) is -1.34. The van der Waals surface area contributed by atoms with E-state index in [1.807, 2.05) is 0 Å². The molecule has 4 rings (SSSR count). The third kappa shape index (κ3) is 4.05. The molecule has 3 aromatic rings. The number of fused-ring (bicyclic) bond motifs is 1. The standard InChI is InChI=1S/C22H22O13/c1-32-20-10(26)5-11-13(15(20)28)16(29)21(19(33-11)7-2-3-8(24)9(25)4-7)35-22-18(31)17(30)14(27)12(6-23)34-22/h2-5,12,14,17-18,22-28,30-31H,6H2,1H3/t12-,14-,17+,18-,22+/m1/s1. The molecule has 35 heavy (non-hydrogen) atoms. The topological polar surface area (TPSA) is 220 Å². The van der Waals surface area contributed by atoms with Crippen molar-refractivity contribution in [3.63, 3.8) is 0 Å². The van der Waals surface area contributed by atoms with E-state index < -0.39 is 82.6 Å². The van der Waals surface area contributed by atoms with E-state index >= 15 is 0 Å². The second-order valence-electron chi connectivity index (χ2n) is 7.76. The number of phenols is 4. The van der Waals surface area contributed by atoms with E-state index in [0.29, 0.717) is 0 Å². The second kappa shape index (κ2) is 9.13. The maximum Gasteiger partial charge on any atom is 0.239 e. The van der Waals surface area contributed by atoms with Gasteiger partial charge in [-0.15, -0.1) is 0 Å². The van der Waals surface area contributed by atoms with Crippen molar-refractivity contribution in [2.75, 3.05) is 13.7 Å². The van der Waals surface area contributed by atoms with E-state index in [1.165, 1.54) is 6.07 Å². The first kappa shape index (κ1) is 24.4. The summed E-state index contributed by atoms with van der Waals surface area (Å²) in [6, 6.07) is 4.37. The van der Waals surface area contributed by atoms with E-state index in [0.717, 1.165) is 25.3 Å². The molecule has 1 aliphatic heterocycles. The summed E-state index contributed by atoms with van der Waals surface area (Å²) < 4.78 is 21.5. The molecule has 2 aromatic carbocycles. The number of benzene rings is 2. The number of rotatable bonds is 5. The van der Waals surface area contributed by atoms with Gasteiger partial charge in [0, 0.05) is 11.6 Å². The Bertz CT molecular complexity index is 1320. The van der Waals surface area contributed by atoms with Crippen molar-refractivity contribution < 1.29 is 59.5 Å². The van der Waals surface area contributed by atoms with Crippen LogP contribution in [0.25, 0.3) is 22.3 Å². The van der Waals surface area contributed by atoms with Gasteiger partial charge in [0.25, 0.3) is 0 Å². The molecular weight excluding hydrogens is 472 g/mol. The van der Waals surface area contributed by atoms with Gasteiger partial charge >= 0.3 is 0 Å². The maximum absolute atomic E-state index is 13.5. The lowest BCUT2D eigenvalue weighted by molar-refractivity contribution is -0.277. The molecule has 5 atom stereocenters. The van der Waals surface area contributed by atoms with Gasteiger partial charge in [-0.1, -0.05) is 0 Å². The van der Waals surface area contributed by atoms with Crippen molar-refractivity contribution in [3.8, 4) is 45.8 Å². The highest BCUT2D eigenvalue weighted by molar-refractivity contribution is 5.91. The molecule has 8 N–H and O–H groups in total. The zero-order valence-corrected chi connectivity index (χ0v) is 18.0. The molecule has 0 amide bonds. The van der Waals surface area contributed by atoms with Crippen LogP contribution in [0.15, 0.2) is 33.5 Å². The van der Waals surface area contributed by atoms with Gasteiger partial charge in [0.2, 0.25) is 23.2 Å². The first-order valence-electron chi connectivity index (χ1n) is 10.2. The molecule has 1 aliphatic rings. The van der Waals surface area contributed by atoms with E-state index in [4.69, 9.17) is 18.6 Å². The smallest absolute Gasteiger partial charge is 0.239 e. The normalized spacial score (nSPS) is 24.4. The van der Waals surface area contributed by atoms with Crippen LogP contribution in [0.2, 0.25) is 0 Å². The number of hydrogen-bond acceptors (Lipinski definition) is 13. The Labute approximate surface area is 195 Å². The molecule has 1 aromatic heterocycles. The highest BCUT2D eigenvalue weighted by atomic mass is 16.7. The number of ether oxygens (including phenoxy) is 3. The summed E-state index contributed by atoms with van der Waals surface area (Å²) in [7, 11) is 1.14. The predicted octanol–water partition coefficient (Wildman–Crippen LogP) is -0.530. The average molecular weight is 494 g/mol. The summed E-state index contributed by atoms with van der Waals surface area (Å²) in [4.78, 5) is 13.5. The Morgan fingerprint density at radius 3 is 2.26 bits per heavy atom. The minimum Gasteiger partial charge on any atom is -0.504 e. The van der Waals surface area contributed by atoms with E-state index in [1.54, 1.807) is 0 Å². The minimum atomic E-state index is -1.88. The second-order valence-corrected chi connectivity index (χ2v) is 7.76. The molecule has 2 heterocycles. The van der Waals surface area contributed by atoms with Crippen molar-refractivity contribution in [1.82, 2.24) is 0 Å². The van der Waals surface area contributed by atoms with Crippen molar-refractivity contribution in [2.24, 2.45) is 0 Å². The van der Waals surface area contributed by atoms with Crippen molar-refractivity contribution >= 4 is 11.0 Å². The average Bonchev–Trinajstić information content (AvgIpc) is 2.82. The molecular formula is C22H22O13. The number of aromatic hydroxyl groups is 4. The summed E-state index contributed by atoms with van der Waals surface area (Å²) in [5, 5.41) is 79.6. The van der Waals surface area contributed by atoms with Gasteiger partial charge in [0.05, 0.1) is 13.7 Å². The molecule has 0 radical (unpaired) electrons. The SMILES string of the molecule is COc1c(O)cc2oc(-c3ccc(O)c(O)c3)c(O[C@@H]3O[C@H](CO)[C@@H](O)[C@H](O)[C@H]3O)c(=O)c2c1O. The van der Waals surface area contributed by atoms with Crippen LogP contribution in [0.1, 0.15) is 0 Å². The van der Waals surface area contributed by atoms with Crippen LogP contribution >= 0.6 is 0 Å². The van der Waals surface area contributed by atoms with Gasteiger partial charge in [-0.25, -0.2) is 0 Å². The predicted molar refractivity (Wildman–Crippen MR) is 116 cm³/mol. The molecule has 188 valence electrons. The number of aliphatic hydroxyl groups is 4. The first-order chi connectivity index (χ1) is 16.6. The van der Waals surface area contributed by atoms with Gasteiger partial charge in [0.1, 0.15) is 35.4 Å². The zero-order valence-electron chi connectivity index (χ0n) is 18.0. The van der Waals surface area contributed by atoms with Gasteiger partial charge in [0.15, 0.2) is 28.8 Å². The maximum atomic E-state index is 13.5. The van der Waals surface area contributed by atoms with Crippen LogP contribution in [-0.2, 0) is 4.74 Å². The molecule has 1 fully saturated rings. The van der Waals surface area contributed by atoms with Crippen molar-refractivity contribution in [2.45, 2.75) is 30.7 Å². The molecule has 0 bridgehead atoms. The van der Waals surface area contributed by atoms with Gasteiger partial charge in [-0.05, 0) is 18.2 Å². The Morgan fingerprint density at radius 2 is 1.63 bits per heavy atom. The van der Waals surface area contributed by atoms with Crippen LogP contribution in [-0.4, -0.2) is 85.3 Å². The highest BCUT2D eigenvalue weighted by Gasteiger charge is 2.45. The van der Waals surface area contributed by atoms with Crippen LogP contribution in [0.3, 0.4) is 0 Å². The Balaban J connectivity index is 1.95. The lowest BCUT2D eigenvalue weighted by Gasteiger charge is -2.39. The van der Waals surface area contributed by atoms with Crippen molar-refractivity contribution in [1.29, 1.82) is 0 Å². The first-order valence-corrected chi connectivity index (χ1v) is 10.2. The monoisotopic (exact) mass is 494 g/mol. The van der Waals surface area contributed by atoms with Gasteiger partial charge < -0.3 is 59.5 Å². The summed E-state index contributed by atoms with van der Waals surface area (Å²) >= 11 is 0. The summed E-state index contributed by atoms with van der Waals surface area (Å²) in [6.45, 7) is -0.757. The summed E-state index contributed by atoms with van der Waals surface area (Å²) in [6.07, 6.45) is -8.53. The van der Waals surface area contributed by atoms with Gasteiger partial charge in [-0.3, -0.25) is 4.79 Å². The largest absolute Gasteiger partial charge is 0.504 e. The van der Waals surface area contributed by atoms with E-state index in [-0.39, 0.29) is 16.9 Å². The quantitative estimate of drug-likeness (QED) is 0.209. The fourth-order valence-corrected chi connectivity index (χ4v) is 3.73. The molecule has 1 saturated heterocycles. The molecule has 13 heteroatoms. The summed E-state index contributed by atoms with van der Waals surface area (Å²) in [5.74, 6) is -3.87. The fourth-order valence-electron chi connectivity index (χ4n) is 3.73. The fraction of sp³-hybridized carbons (Fsp3) is 0.318. The number of hydrogen-bond donors (Lipinski definition) is 8. The van der Waals surface area contributed by atoms with Crippen molar-refractivity contribution in [3.05, 3.63) is 34.5 Å². The molecule has 0 unspecified atom stereocenters. The Hall–Kier alpha value is -3.75. The van der Waals surface area contributed by atoms with Gasteiger partial charge in [-0.2, -0.15) is 0 Å². The van der Waals surface area contributed by atoms with Crippen LogP contribution in [0.4, 0.5) is 0 Å². The third-order valence-electron chi connectivity index (χ3n) is 5.57. The number of aliphatic hydroxyl groups excluding tert-OH is 4. The molecule has 0 aliphatic carbocycles. The Morgan fingerprint density at radius 1 is 0.914 bits per heavy atom. The lowest BCUT2D eigenvalue weighted by Crippen LogP contribution is -2.60.